The number of fused-ring (bicyclic) bond motifs is 1. The van der Waals surface area contributed by atoms with E-state index < -0.39 is 5.41 Å². The summed E-state index contributed by atoms with van der Waals surface area (Å²) in [6, 6.07) is 7.86. The zero-order valence-electron chi connectivity index (χ0n) is 16.7. The van der Waals surface area contributed by atoms with Crippen molar-refractivity contribution in [3.05, 3.63) is 29.8 Å². The molecule has 1 aromatic carbocycles. The molecule has 4 N–H and O–H groups in total. The lowest BCUT2D eigenvalue weighted by atomic mass is 9.91. The smallest absolute Gasteiger partial charge is 0.225 e. The summed E-state index contributed by atoms with van der Waals surface area (Å²) in [7, 11) is 0. The third kappa shape index (κ3) is 6.27. The quantitative estimate of drug-likeness (QED) is 0.348. The van der Waals surface area contributed by atoms with Crippen LogP contribution in [0.15, 0.2) is 29.3 Å². The number of nitrogens with one attached hydrogen (secondary N) is 4. The molecule has 0 saturated heterocycles. The molecule has 1 aliphatic rings. The molecule has 0 radical (unpaired) electrons. The number of nitrogens with zero attached hydrogens (tertiary/aromatic N) is 1. The minimum Gasteiger partial charge on any atom is -0.357 e. The first-order valence-electron chi connectivity index (χ1n) is 9.50. The van der Waals surface area contributed by atoms with Crippen molar-refractivity contribution in [2.45, 2.75) is 40.0 Å². The van der Waals surface area contributed by atoms with E-state index in [9.17, 15) is 9.59 Å². The summed E-state index contributed by atoms with van der Waals surface area (Å²) in [5.74, 6) is 0.796. The van der Waals surface area contributed by atoms with Gasteiger partial charge >= 0.3 is 0 Å². The summed E-state index contributed by atoms with van der Waals surface area (Å²) >= 11 is 0. The maximum Gasteiger partial charge on any atom is 0.225 e. The molecule has 0 aromatic heterocycles. The number of rotatable bonds is 6. The van der Waals surface area contributed by atoms with Gasteiger partial charge in [-0.15, -0.1) is 0 Å². The van der Waals surface area contributed by atoms with Crippen LogP contribution in [0.25, 0.3) is 0 Å². The Balaban J connectivity index is 1.92. The van der Waals surface area contributed by atoms with E-state index in [0.29, 0.717) is 32.0 Å². The van der Waals surface area contributed by atoms with Gasteiger partial charge in [0.05, 0.1) is 6.54 Å². The molecule has 1 aromatic rings. The topological polar surface area (TPSA) is 94.6 Å². The van der Waals surface area contributed by atoms with Crippen molar-refractivity contribution in [3.63, 3.8) is 0 Å². The van der Waals surface area contributed by atoms with Crippen LogP contribution in [0.1, 0.15) is 45.6 Å². The Morgan fingerprint density at radius 3 is 2.59 bits per heavy atom. The zero-order chi connectivity index (χ0) is 19.9. The third-order valence-electron chi connectivity index (χ3n) is 4.30. The summed E-state index contributed by atoms with van der Waals surface area (Å²) in [4.78, 5) is 28.5. The number of para-hydroxylation sites is 1. The molecule has 0 spiro atoms. The van der Waals surface area contributed by atoms with Gasteiger partial charge in [-0.25, -0.2) is 0 Å². The van der Waals surface area contributed by atoms with Gasteiger partial charge in [0.15, 0.2) is 5.96 Å². The van der Waals surface area contributed by atoms with Crippen LogP contribution in [0.2, 0.25) is 0 Å². The fourth-order valence-electron chi connectivity index (χ4n) is 2.83. The standard InChI is InChI=1S/C20H31N5O2/c1-5-21-19(23-11-10-22-18(27)20(2,3)4)24-13-14-12-17(26)25-16-9-7-6-8-15(14)16/h6-9,14H,5,10-13H2,1-4H3,(H,22,27)(H,25,26)(H2,21,23,24). The number of guanidine groups is 1. The Morgan fingerprint density at radius 2 is 1.89 bits per heavy atom. The molecule has 27 heavy (non-hydrogen) atoms. The number of benzene rings is 1. The predicted molar refractivity (Wildman–Crippen MR) is 109 cm³/mol. The van der Waals surface area contributed by atoms with Gasteiger partial charge in [0, 0.05) is 43.1 Å². The van der Waals surface area contributed by atoms with Crippen LogP contribution in [0, 0.1) is 5.41 Å². The monoisotopic (exact) mass is 373 g/mol. The van der Waals surface area contributed by atoms with Gasteiger partial charge in [-0.3, -0.25) is 14.6 Å². The third-order valence-corrected chi connectivity index (χ3v) is 4.30. The molecule has 7 heteroatoms. The van der Waals surface area contributed by atoms with Crippen LogP contribution in [0.4, 0.5) is 5.69 Å². The molecule has 7 nitrogen and oxygen atoms in total. The van der Waals surface area contributed by atoms with Crippen molar-refractivity contribution in [1.82, 2.24) is 16.0 Å². The Kier molecular flexibility index (Phi) is 7.21. The highest BCUT2D eigenvalue weighted by atomic mass is 16.2. The average Bonchev–Trinajstić information content (AvgIpc) is 2.61. The van der Waals surface area contributed by atoms with Crippen molar-refractivity contribution in [1.29, 1.82) is 0 Å². The maximum absolute atomic E-state index is 11.9. The lowest BCUT2D eigenvalue weighted by Gasteiger charge is -2.24. The van der Waals surface area contributed by atoms with E-state index in [0.717, 1.165) is 17.8 Å². The predicted octanol–water partition coefficient (Wildman–Crippen LogP) is 1.83. The maximum atomic E-state index is 11.9. The molecule has 1 aliphatic heterocycles. The Hall–Kier alpha value is -2.57. The van der Waals surface area contributed by atoms with E-state index in [1.807, 2.05) is 52.0 Å². The van der Waals surface area contributed by atoms with E-state index in [2.05, 4.69) is 26.3 Å². The molecule has 0 saturated carbocycles. The Labute approximate surface area is 161 Å². The van der Waals surface area contributed by atoms with Gasteiger partial charge in [0.25, 0.3) is 0 Å². The number of hydrogen-bond acceptors (Lipinski definition) is 3. The molecule has 1 unspecified atom stereocenters. The number of carbonyl (C=O) groups is 2. The summed E-state index contributed by atoms with van der Waals surface area (Å²) in [6.07, 6.45) is 0.432. The van der Waals surface area contributed by atoms with Gasteiger partial charge in [-0.2, -0.15) is 0 Å². The Bertz CT molecular complexity index is 694. The van der Waals surface area contributed by atoms with Gasteiger partial charge < -0.3 is 21.3 Å². The summed E-state index contributed by atoms with van der Waals surface area (Å²) in [5, 5.41) is 12.2. The normalized spacial score (nSPS) is 17.0. The van der Waals surface area contributed by atoms with Crippen molar-refractivity contribution in [3.8, 4) is 0 Å². The highest BCUT2D eigenvalue weighted by molar-refractivity contribution is 5.94. The van der Waals surface area contributed by atoms with Gasteiger partial charge in [0.2, 0.25) is 11.8 Å². The van der Waals surface area contributed by atoms with E-state index in [4.69, 9.17) is 0 Å². The second-order valence-corrected chi connectivity index (χ2v) is 7.69. The van der Waals surface area contributed by atoms with Crippen molar-refractivity contribution >= 4 is 23.5 Å². The van der Waals surface area contributed by atoms with Crippen molar-refractivity contribution in [2.24, 2.45) is 10.4 Å². The first-order chi connectivity index (χ1) is 12.8. The van der Waals surface area contributed by atoms with Crippen LogP contribution in [-0.2, 0) is 9.59 Å². The highest BCUT2D eigenvalue weighted by Crippen LogP contribution is 2.31. The van der Waals surface area contributed by atoms with Crippen LogP contribution in [0.3, 0.4) is 0 Å². The fraction of sp³-hybridized carbons (Fsp3) is 0.550. The largest absolute Gasteiger partial charge is 0.357 e. The Morgan fingerprint density at radius 1 is 1.19 bits per heavy atom. The molecule has 2 amide bonds. The number of amides is 2. The first kappa shape index (κ1) is 20.7. The molecular weight excluding hydrogens is 342 g/mol. The van der Waals surface area contributed by atoms with Gasteiger partial charge in [-0.05, 0) is 18.6 Å². The number of carbonyl (C=O) groups excluding carboxylic acids is 2. The van der Waals surface area contributed by atoms with Crippen LogP contribution in [0.5, 0.6) is 0 Å². The molecule has 0 fully saturated rings. The molecule has 1 heterocycles. The average molecular weight is 374 g/mol. The number of hydrogen-bond donors (Lipinski definition) is 4. The summed E-state index contributed by atoms with van der Waals surface area (Å²) < 4.78 is 0. The van der Waals surface area contributed by atoms with Crippen LogP contribution < -0.4 is 21.3 Å². The summed E-state index contributed by atoms with van der Waals surface area (Å²) in [6.45, 7) is 10.0. The van der Waals surface area contributed by atoms with E-state index in [-0.39, 0.29) is 17.7 Å². The molecule has 0 bridgehead atoms. The van der Waals surface area contributed by atoms with Gasteiger partial charge in [-0.1, -0.05) is 39.0 Å². The van der Waals surface area contributed by atoms with Crippen molar-refractivity contribution < 1.29 is 9.59 Å². The number of aliphatic imine (C=N–C) groups is 1. The molecule has 2 rings (SSSR count). The number of anilines is 1. The lowest BCUT2D eigenvalue weighted by molar-refractivity contribution is -0.128. The second kappa shape index (κ2) is 9.39. The molecule has 1 atom stereocenters. The van der Waals surface area contributed by atoms with E-state index >= 15 is 0 Å². The summed E-state index contributed by atoms with van der Waals surface area (Å²) in [5.41, 5.74) is 1.60. The zero-order valence-corrected chi connectivity index (χ0v) is 16.7. The second-order valence-electron chi connectivity index (χ2n) is 7.69. The minimum absolute atomic E-state index is 0.0241. The van der Waals surface area contributed by atoms with E-state index in [1.54, 1.807) is 0 Å². The lowest BCUT2D eigenvalue weighted by Crippen LogP contribution is -2.43. The minimum atomic E-state index is -0.395. The van der Waals surface area contributed by atoms with Crippen LogP contribution in [-0.4, -0.2) is 44.0 Å². The molecule has 148 valence electrons. The molecule has 0 aliphatic carbocycles. The fourth-order valence-corrected chi connectivity index (χ4v) is 2.83. The SMILES string of the molecule is CCNC(=NCC1CC(=O)Nc2ccccc21)NCCNC(=O)C(C)(C)C. The first-order valence-corrected chi connectivity index (χ1v) is 9.50. The molecular formula is C20H31N5O2. The van der Waals surface area contributed by atoms with E-state index in [1.165, 1.54) is 0 Å². The van der Waals surface area contributed by atoms with Gasteiger partial charge in [0.1, 0.15) is 0 Å². The van der Waals surface area contributed by atoms with Crippen LogP contribution >= 0.6 is 0 Å². The van der Waals surface area contributed by atoms with Crippen molar-refractivity contribution in [2.75, 3.05) is 31.5 Å². The highest BCUT2D eigenvalue weighted by Gasteiger charge is 2.24.